The molecule has 0 fully saturated rings. The molecule has 0 bridgehead atoms. The number of anilines is 1. The Bertz CT molecular complexity index is 1250. The van der Waals surface area contributed by atoms with Crippen molar-refractivity contribution in [2.75, 3.05) is 4.72 Å². The van der Waals surface area contributed by atoms with Crippen molar-refractivity contribution >= 4 is 27.0 Å². The maximum absolute atomic E-state index is 12.5. The molecule has 0 saturated heterocycles. The number of ether oxygens (including phenoxy) is 1. The highest BCUT2D eigenvalue weighted by atomic mass is 32.2. The second-order valence-corrected chi connectivity index (χ2v) is 9.52. The summed E-state index contributed by atoms with van der Waals surface area (Å²) in [6.07, 6.45) is 2.61. The number of hydrogen-bond donors (Lipinski definition) is 1. The first kappa shape index (κ1) is 20.0. The van der Waals surface area contributed by atoms with Crippen LogP contribution in [-0.2, 0) is 16.4 Å². The number of hydrogen-bond acceptors (Lipinski definition) is 7. The third kappa shape index (κ3) is 4.50. The highest BCUT2D eigenvalue weighted by molar-refractivity contribution is 7.94. The minimum atomic E-state index is -3.61. The fourth-order valence-electron chi connectivity index (χ4n) is 2.64. The van der Waals surface area contributed by atoms with E-state index in [9.17, 15) is 8.42 Å². The Morgan fingerprint density at radius 2 is 1.83 bits per heavy atom. The van der Waals surface area contributed by atoms with Gasteiger partial charge < -0.3 is 4.74 Å². The van der Waals surface area contributed by atoms with Crippen LogP contribution in [0.1, 0.15) is 17.5 Å². The molecule has 3 heterocycles. The largest absolute Gasteiger partial charge is 0.438 e. The van der Waals surface area contributed by atoms with Crippen LogP contribution < -0.4 is 9.46 Å². The van der Waals surface area contributed by atoms with E-state index in [1.165, 1.54) is 11.3 Å². The fourth-order valence-corrected chi connectivity index (χ4v) is 5.00. The van der Waals surface area contributed by atoms with Gasteiger partial charge in [0.15, 0.2) is 5.82 Å². The predicted molar refractivity (Wildman–Crippen MR) is 115 cm³/mol. The van der Waals surface area contributed by atoms with Crippen molar-refractivity contribution in [1.82, 2.24) is 20.0 Å². The topological polar surface area (TPSA) is 99.0 Å². The van der Waals surface area contributed by atoms with Crippen LogP contribution in [0, 0.1) is 6.92 Å². The summed E-state index contributed by atoms with van der Waals surface area (Å²) < 4.78 is 35.2. The minimum Gasteiger partial charge on any atom is -0.438 e. The van der Waals surface area contributed by atoms with Crippen molar-refractivity contribution in [2.45, 2.75) is 24.5 Å². The maximum Gasteiger partial charge on any atom is 0.271 e. The molecule has 30 heavy (non-hydrogen) atoms. The molecular weight excluding hydrogens is 422 g/mol. The summed E-state index contributed by atoms with van der Waals surface area (Å²) in [4.78, 5) is 1.02. The Morgan fingerprint density at radius 3 is 2.43 bits per heavy atom. The lowest BCUT2D eigenvalue weighted by Crippen LogP contribution is -2.11. The van der Waals surface area contributed by atoms with E-state index in [0.717, 1.165) is 17.0 Å². The molecule has 8 nitrogen and oxygen atoms in total. The van der Waals surface area contributed by atoms with Crippen molar-refractivity contribution in [3.8, 4) is 17.4 Å². The van der Waals surface area contributed by atoms with Crippen molar-refractivity contribution in [1.29, 1.82) is 0 Å². The van der Waals surface area contributed by atoms with Crippen LogP contribution >= 0.6 is 11.3 Å². The van der Waals surface area contributed by atoms with Crippen molar-refractivity contribution in [3.63, 3.8) is 0 Å². The van der Waals surface area contributed by atoms with Gasteiger partial charge in [0.05, 0.1) is 5.69 Å². The lowest BCUT2D eigenvalue weighted by Gasteiger charge is -2.08. The summed E-state index contributed by atoms with van der Waals surface area (Å²) in [5, 5.41) is 12.4. The Morgan fingerprint density at radius 1 is 1.03 bits per heavy atom. The summed E-state index contributed by atoms with van der Waals surface area (Å²) in [6.45, 7) is 3.89. The van der Waals surface area contributed by atoms with E-state index in [0.29, 0.717) is 27.3 Å². The van der Waals surface area contributed by atoms with Crippen LogP contribution in [0.2, 0.25) is 0 Å². The monoisotopic (exact) mass is 441 g/mol. The number of rotatable bonds is 7. The predicted octanol–water partition coefficient (Wildman–Crippen LogP) is 4.19. The Balaban J connectivity index is 1.42. The van der Waals surface area contributed by atoms with Gasteiger partial charge in [-0.05, 0) is 61.9 Å². The molecular formula is C20H19N5O3S2. The van der Waals surface area contributed by atoms with E-state index in [-0.39, 0.29) is 0 Å². The van der Waals surface area contributed by atoms with Gasteiger partial charge in [0.2, 0.25) is 5.88 Å². The van der Waals surface area contributed by atoms with E-state index >= 15 is 0 Å². The Hall–Kier alpha value is -3.24. The van der Waals surface area contributed by atoms with E-state index in [2.05, 4.69) is 20.0 Å². The molecule has 1 aromatic carbocycles. The second kappa shape index (κ2) is 8.25. The molecule has 154 valence electrons. The number of sulfonamides is 1. The third-order valence-corrected chi connectivity index (χ3v) is 7.27. The first-order chi connectivity index (χ1) is 14.4. The molecule has 0 atom stereocenters. The molecule has 0 aliphatic heterocycles. The van der Waals surface area contributed by atoms with Gasteiger partial charge in [-0.3, -0.25) is 4.72 Å². The van der Waals surface area contributed by atoms with Gasteiger partial charge in [-0.1, -0.05) is 6.92 Å². The molecule has 3 aromatic heterocycles. The van der Waals surface area contributed by atoms with Crippen LogP contribution in [0.25, 0.3) is 5.82 Å². The highest BCUT2D eigenvalue weighted by Gasteiger charge is 2.16. The number of benzene rings is 1. The molecule has 0 radical (unpaired) electrons. The average molecular weight is 442 g/mol. The summed E-state index contributed by atoms with van der Waals surface area (Å²) in [7, 11) is -3.61. The zero-order valence-electron chi connectivity index (χ0n) is 16.3. The molecule has 4 rings (SSSR count). The lowest BCUT2D eigenvalue weighted by atomic mass is 10.3. The highest BCUT2D eigenvalue weighted by Crippen LogP contribution is 2.26. The standard InChI is InChI=1S/C20H19N5O3S2/c1-3-17-8-11-20(29-17)30(26,27)24-15-4-6-16(7-5-15)28-19-10-9-18(21-22-19)25-13-12-14(2)23-25/h4-13,24H,3H2,1-2H3. The first-order valence-corrected chi connectivity index (χ1v) is 11.5. The molecule has 0 unspecified atom stereocenters. The molecule has 0 aliphatic rings. The third-order valence-electron chi connectivity index (χ3n) is 4.16. The number of aryl methyl sites for hydroxylation is 2. The van der Waals surface area contributed by atoms with Crippen molar-refractivity contribution < 1.29 is 13.2 Å². The van der Waals surface area contributed by atoms with Crippen LogP contribution in [0.4, 0.5) is 5.69 Å². The first-order valence-electron chi connectivity index (χ1n) is 9.19. The molecule has 0 spiro atoms. The summed E-state index contributed by atoms with van der Waals surface area (Å²) in [5.74, 6) is 1.42. The fraction of sp³-hybridized carbons (Fsp3) is 0.150. The molecule has 0 amide bonds. The molecule has 0 aliphatic carbocycles. The minimum absolute atomic E-state index is 0.294. The molecule has 10 heteroatoms. The van der Waals surface area contributed by atoms with E-state index < -0.39 is 10.0 Å². The SMILES string of the molecule is CCc1ccc(S(=O)(=O)Nc2ccc(Oc3ccc(-n4ccc(C)n4)nn3)cc2)s1. The van der Waals surface area contributed by atoms with Gasteiger partial charge >= 0.3 is 0 Å². The smallest absolute Gasteiger partial charge is 0.271 e. The van der Waals surface area contributed by atoms with Gasteiger partial charge in [-0.25, -0.2) is 13.1 Å². The molecule has 0 saturated carbocycles. The lowest BCUT2D eigenvalue weighted by molar-refractivity contribution is 0.454. The van der Waals surface area contributed by atoms with Gasteiger partial charge in [0.25, 0.3) is 10.0 Å². The Kier molecular flexibility index (Phi) is 5.51. The van der Waals surface area contributed by atoms with Gasteiger partial charge in [-0.2, -0.15) is 5.10 Å². The zero-order chi connectivity index (χ0) is 21.1. The molecule has 4 aromatic rings. The summed E-state index contributed by atoms with van der Waals surface area (Å²) in [6, 6.07) is 15.4. The van der Waals surface area contributed by atoms with Gasteiger partial charge in [-0.15, -0.1) is 21.5 Å². The van der Waals surface area contributed by atoms with Gasteiger partial charge in [0.1, 0.15) is 9.96 Å². The quantitative estimate of drug-likeness (QED) is 0.462. The van der Waals surface area contributed by atoms with Crippen molar-refractivity contribution in [3.05, 3.63) is 71.4 Å². The van der Waals surface area contributed by atoms with Crippen LogP contribution in [0.3, 0.4) is 0 Å². The number of nitrogens with zero attached hydrogens (tertiary/aromatic N) is 4. The van der Waals surface area contributed by atoms with Crippen LogP contribution in [0.5, 0.6) is 11.6 Å². The van der Waals surface area contributed by atoms with Gasteiger partial charge in [0, 0.05) is 22.8 Å². The van der Waals surface area contributed by atoms with E-state index in [1.807, 2.05) is 26.0 Å². The van der Waals surface area contributed by atoms with E-state index in [4.69, 9.17) is 4.74 Å². The van der Waals surface area contributed by atoms with Crippen LogP contribution in [0.15, 0.2) is 65.0 Å². The van der Waals surface area contributed by atoms with E-state index in [1.54, 1.807) is 53.3 Å². The summed E-state index contributed by atoms with van der Waals surface area (Å²) >= 11 is 1.27. The Labute approximate surface area is 178 Å². The molecule has 1 N–H and O–H groups in total. The average Bonchev–Trinajstić information content (AvgIpc) is 3.39. The zero-order valence-corrected chi connectivity index (χ0v) is 17.9. The second-order valence-electron chi connectivity index (χ2n) is 6.44. The maximum atomic E-state index is 12.5. The normalized spacial score (nSPS) is 11.4. The number of nitrogens with one attached hydrogen (secondary N) is 1. The summed E-state index contributed by atoms with van der Waals surface area (Å²) in [5.41, 5.74) is 1.34. The number of thiophene rings is 1. The van der Waals surface area contributed by atoms with Crippen molar-refractivity contribution in [2.24, 2.45) is 0 Å². The number of aromatic nitrogens is 4. The van der Waals surface area contributed by atoms with Crippen LogP contribution in [-0.4, -0.2) is 28.4 Å².